The number of carbonyl (C=O) groups excluding carboxylic acids is 4. The molecule has 0 aromatic heterocycles. The normalized spacial score (nSPS) is 10.7. The Labute approximate surface area is 360 Å². The lowest BCUT2D eigenvalue weighted by Crippen LogP contribution is -2.44. The van der Waals surface area contributed by atoms with Crippen molar-refractivity contribution in [2.24, 2.45) is 5.41 Å². The smallest absolute Gasteiger partial charge is 0.333 e. The fourth-order valence-corrected chi connectivity index (χ4v) is 5.99. The van der Waals surface area contributed by atoms with Gasteiger partial charge in [0.1, 0.15) is 62.8 Å². The summed E-state index contributed by atoms with van der Waals surface area (Å²) < 4.78 is 34.0. The molecule has 0 unspecified atom stereocenters. The summed E-state index contributed by atoms with van der Waals surface area (Å²) in [5, 5.41) is 18.0. The van der Waals surface area contributed by atoms with Gasteiger partial charge in [0.05, 0.1) is 18.7 Å². The molecule has 61 heavy (non-hydrogen) atoms. The summed E-state index contributed by atoms with van der Waals surface area (Å²) in [6.45, 7) is 11.4. The summed E-state index contributed by atoms with van der Waals surface area (Å²) in [6.07, 6.45) is 8.50. The summed E-state index contributed by atoms with van der Waals surface area (Å²) in [7, 11) is 0. The molecule has 0 atom stereocenters. The summed E-state index contributed by atoms with van der Waals surface area (Å²) in [5.74, 6) is -1.81. The fourth-order valence-electron chi connectivity index (χ4n) is 5.99. The third kappa shape index (κ3) is 18.2. The van der Waals surface area contributed by atoms with Gasteiger partial charge >= 0.3 is 23.9 Å². The van der Waals surface area contributed by atoms with E-state index in [1.165, 1.54) is 51.0 Å². The van der Waals surface area contributed by atoms with Crippen LogP contribution in [0.3, 0.4) is 0 Å². The lowest BCUT2D eigenvalue weighted by molar-refractivity contribution is -0.162. The van der Waals surface area contributed by atoms with Crippen LogP contribution in [0.4, 0.5) is 0 Å². The van der Waals surface area contributed by atoms with Crippen molar-refractivity contribution in [2.75, 3.05) is 33.0 Å². The third-order valence-electron chi connectivity index (χ3n) is 9.58. The molecule has 3 aromatic carbocycles. The Morgan fingerprint density at radius 3 is 1.77 bits per heavy atom. The first-order chi connectivity index (χ1) is 29.4. The topological polar surface area (TPSA) is 171 Å². The molecule has 0 radical (unpaired) electrons. The van der Waals surface area contributed by atoms with Crippen molar-refractivity contribution in [3.05, 3.63) is 108 Å². The van der Waals surface area contributed by atoms with Crippen molar-refractivity contribution in [3.8, 4) is 34.8 Å². The van der Waals surface area contributed by atoms with Crippen LogP contribution in [-0.2, 0) is 57.6 Å². The van der Waals surface area contributed by atoms with Crippen LogP contribution in [0.15, 0.2) is 91.0 Å². The number of hydrogen-bond donors (Lipinski definition) is 0. The molecule has 0 bridgehead atoms. The largest absolute Gasteiger partial charge is 0.492 e. The van der Waals surface area contributed by atoms with E-state index in [1.807, 2.05) is 36.4 Å². The molecule has 0 N–H and O–H groups in total. The van der Waals surface area contributed by atoms with Crippen molar-refractivity contribution >= 4 is 23.9 Å². The van der Waals surface area contributed by atoms with E-state index in [1.54, 1.807) is 25.1 Å². The number of unbranched alkanes of at least 4 members (excludes halogenated alkanes) is 5. The number of hydrogen-bond acceptors (Lipinski definition) is 12. The Morgan fingerprint density at radius 2 is 1.16 bits per heavy atom. The number of esters is 4. The van der Waals surface area contributed by atoms with Crippen molar-refractivity contribution in [3.63, 3.8) is 0 Å². The number of benzene rings is 3. The molecule has 3 aromatic rings. The Morgan fingerprint density at radius 1 is 0.607 bits per heavy atom. The molecule has 0 fully saturated rings. The molecule has 0 aliphatic rings. The van der Waals surface area contributed by atoms with Crippen LogP contribution in [0.1, 0.15) is 95.2 Å². The molecule has 0 saturated heterocycles. The van der Waals surface area contributed by atoms with Crippen molar-refractivity contribution in [1.82, 2.24) is 0 Å². The summed E-state index contributed by atoms with van der Waals surface area (Å²) >= 11 is 0. The van der Waals surface area contributed by atoms with Crippen molar-refractivity contribution in [2.45, 2.75) is 98.0 Å². The Kier molecular flexibility index (Phi) is 21.4. The molecular weight excluding hydrogens is 777 g/mol. The van der Waals surface area contributed by atoms with E-state index < -0.39 is 62.0 Å². The van der Waals surface area contributed by atoms with Gasteiger partial charge in [-0.3, -0.25) is 9.59 Å². The predicted octanol–water partition coefficient (Wildman–Crippen LogP) is 9.29. The van der Waals surface area contributed by atoms with Crippen LogP contribution in [0.2, 0.25) is 0 Å². The Balaban J connectivity index is 1.82. The number of ether oxygens (including phenoxy) is 6. The first kappa shape index (κ1) is 49.0. The average Bonchev–Trinajstić information content (AvgIpc) is 3.25. The van der Waals surface area contributed by atoms with E-state index in [-0.39, 0.29) is 24.4 Å². The van der Waals surface area contributed by atoms with E-state index in [9.17, 15) is 19.2 Å². The van der Waals surface area contributed by atoms with Crippen molar-refractivity contribution < 1.29 is 47.6 Å². The second-order valence-electron chi connectivity index (χ2n) is 15.1. The lowest BCUT2D eigenvalue weighted by Gasteiger charge is -2.32. The minimum atomic E-state index is -1.46. The Bertz CT molecular complexity index is 1980. The van der Waals surface area contributed by atoms with Gasteiger partial charge in [-0.05, 0) is 91.6 Å². The second kappa shape index (κ2) is 26.6. The maximum absolute atomic E-state index is 12.5. The highest BCUT2D eigenvalue weighted by atomic mass is 16.6. The van der Waals surface area contributed by atoms with Gasteiger partial charge in [-0.15, -0.1) is 0 Å². The number of carbonyl (C=O) groups is 4. The Hall–Kier alpha value is -6.40. The molecule has 0 amide bonds. The molecule has 324 valence electrons. The summed E-state index contributed by atoms with van der Waals surface area (Å²) in [5.41, 5.74) is 3.86. The molecule has 0 heterocycles. The number of aryl methyl sites for hydroxylation is 2. The van der Waals surface area contributed by atoms with E-state index in [0.29, 0.717) is 30.9 Å². The number of rotatable bonds is 28. The van der Waals surface area contributed by atoms with E-state index in [4.69, 9.17) is 38.9 Å². The third-order valence-corrected chi connectivity index (χ3v) is 9.58. The second-order valence-corrected chi connectivity index (χ2v) is 15.1. The number of nitriles is 2. The molecule has 12 heteroatoms. The summed E-state index contributed by atoms with van der Waals surface area (Å²) in [6, 6.07) is 25.3. The molecule has 12 nitrogen and oxygen atoms in total. The first-order valence-corrected chi connectivity index (χ1v) is 20.7. The highest BCUT2D eigenvalue weighted by Gasteiger charge is 2.38. The quantitative estimate of drug-likeness (QED) is 0.0294. The minimum Gasteiger partial charge on any atom is -0.492 e. The van der Waals surface area contributed by atoms with Crippen LogP contribution in [0, 0.1) is 28.1 Å². The van der Waals surface area contributed by atoms with Gasteiger partial charge in [-0.1, -0.05) is 94.7 Å². The molecule has 3 rings (SSSR count). The SMILES string of the molecule is C=C(C)C(=O)OCCCc1cc(-c2ccc(OCc3ccc(CCCCCCCC)cc3)cc2)ccc1OCC(COC(=O)CC#N)(COC(=O)CC#N)COC(=O)C(=C)C. The monoisotopic (exact) mass is 834 g/mol. The number of nitrogens with zero attached hydrogens (tertiary/aromatic N) is 2. The highest BCUT2D eigenvalue weighted by Crippen LogP contribution is 2.31. The predicted molar refractivity (Wildman–Crippen MR) is 230 cm³/mol. The molecule has 0 saturated carbocycles. The summed E-state index contributed by atoms with van der Waals surface area (Å²) in [4.78, 5) is 49.1. The van der Waals surface area contributed by atoms with E-state index in [2.05, 4.69) is 44.3 Å². The standard InChI is InChI=1S/C49H58N2O10/c1-6-7-8-9-10-11-13-38-15-17-39(18-16-38)31-57-43-22-19-40(20-23-43)41-21-24-44(42(30-41)14-12-29-56-47(54)36(2)3)58-32-49(33-59-45(52)25-27-50,34-60-46(53)26-28-51)35-61-48(55)37(4)5/h15-24,30H,2,4,6-14,25-26,29,31-35H2,1,3,5H3. The van der Waals surface area contributed by atoms with Gasteiger partial charge in [-0.25, -0.2) is 9.59 Å². The maximum Gasteiger partial charge on any atom is 0.333 e. The van der Waals surface area contributed by atoms with Gasteiger partial charge in [0, 0.05) is 11.1 Å². The fraction of sp³-hybridized carbons (Fsp3) is 0.429. The van der Waals surface area contributed by atoms with Crippen LogP contribution in [-0.4, -0.2) is 56.9 Å². The van der Waals surface area contributed by atoms with Crippen LogP contribution < -0.4 is 9.47 Å². The van der Waals surface area contributed by atoms with Crippen molar-refractivity contribution in [1.29, 1.82) is 10.5 Å². The zero-order chi connectivity index (χ0) is 44.5. The van der Waals surface area contributed by atoms with Gasteiger partial charge in [0.2, 0.25) is 0 Å². The molecule has 0 spiro atoms. The zero-order valence-corrected chi connectivity index (χ0v) is 35.8. The van der Waals surface area contributed by atoms with Gasteiger partial charge in [0.25, 0.3) is 0 Å². The van der Waals surface area contributed by atoms with Crippen LogP contribution in [0.25, 0.3) is 11.1 Å². The van der Waals surface area contributed by atoms with E-state index >= 15 is 0 Å². The van der Waals surface area contributed by atoms with Crippen LogP contribution in [0.5, 0.6) is 11.5 Å². The van der Waals surface area contributed by atoms with E-state index in [0.717, 1.165) is 28.7 Å². The average molecular weight is 835 g/mol. The minimum absolute atomic E-state index is 0.103. The zero-order valence-electron chi connectivity index (χ0n) is 35.8. The van der Waals surface area contributed by atoms with Gasteiger partial charge in [0.15, 0.2) is 0 Å². The van der Waals surface area contributed by atoms with Crippen LogP contribution >= 0.6 is 0 Å². The molecule has 0 aliphatic heterocycles. The highest BCUT2D eigenvalue weighted by molar-refractivity contribution is 5.87. The first-order valence-electron chi connectivity index (χ1n) is 20.7. The lowest BCUT2D eigenvalue weighted by atomic mass is 9.91. The van der Waals surface area contributed by atoms with Gasteiger partial charge in [-0.2, -0.15) is 10.5 Å². The van der Waals surface area contributed by atoms with Gasteiger partial charge < -0.3 is 28.4 Å². The molecular formula is C49H58N2O10. The molecule has 0 aliphatic carbocycles. The maximum atomic E-state index is 12.5.